The molecule has 0 aromatic heterocycles. The van der Waals surface area contributed by atoms with Crippen molar-refractivity contribution in [2.24, 2.45) is 5.92 Å². The fraction of sp³-hybridized carbons (Fsp3) is 0.571. The van der Waals surface area contributed by atoms with Crippen molar-refractivity contribution in [2.45, 2.75) is 44.9 Å². The Hall–Kier alpha value is -1.38. The van der Waals surface area contributed by atoms with Gasteiger partial charge in [-0.05, 0) is 32.1 Å². The van der Waals surface area contributed by atoms with Crippen LogP contribution in [-0.4, -0.2) is 11.9 Å². The smallest absolute Gasteiger partial charge is 0.317 e. The van der Waals surface area contributed by atoms with Crippen LogP contribution in [-0.2, 0) is 14.3 Å². The first-order valence-corrected chi connectivity index (χ1v) is 6.24. The summed E-state index contributed by atoms with van der Waals surface area (Å²) in [6.07, 6.45) is 12.6. The van der Waals surface area contributed by atoms with Crippen molar-refractivity contribution in [3.05, 3.63) is 24.8 Å². The first-order chi connectivity index (χ1) is 8.24. The zero-order valence-corrected chi connectivity index (χ0v) is 10.2. The van der Waals surface area contributed by atoms with Gasteiger partial charge in [0.15, 0.2) is 0 Å². The van der Waals surface area contributed by atoms with E-state index in [-0.39, 0.29) is 18.3 Å². The summed E-state index contributed by atoms with van der Waals surface area (Å²) in [7, 11) is 0. The maximum atomic E-state index is 11.1. The minimum absolute atomic E-state index is 0.239. The average Bonchev–Trinajstić information content (AvgIpc) is 2.61. The molecule has 1 fully saturated rings. The molecule has 3 heteroatoms. The SMILES string of the molecule is C=CCCCCC/C=C/CC1CC(=O)OC1=O. The summed E-state index contributed by atoms with van der Waals surface area (Å²) in [5.41, 5.74) is 0. The molecule has 0 saturated carbocycles. The first kappa shape index (κ1) is 13.7. The lowest BCUT2D eigenvalue weighted by molar-refractivity contribution is -0.153. The van der Waals surface area contributed by atoms with Gasteiger partial charge in [0.1, 0.15) is 0 Å². The second-order valence-corrected chi connectivity index (χ2v) is 4.33. The predicted molar refractivity (Wildman–Crippen MR) is 66.2 cm³/mol. The van der Waals surface area contributed by atoms with E-state index in [0.29, 0.717) is 6.42 Å². The van der Waals surface area contributed by atoms with Crippen molar-refractivity contribution in [1.82, 2.24) is 0 Å². The Kier molecular flexibility index (Phi) is 6.30. The van der Waals surface area contributed by atoms with Gasteiger partial charge in [-0.15, -0.1) is 6.58 Å². The van der Waals surface area contributed by atoms with Crippen LogP contribution in [0.4, 0.5) is 0 Å². The van der Waals surface area contributed by atoms with Gasteiger partial charge in [-0.25, -0.2) is 0 Å². The molecule has 1 saturated heterocycles. The molecule has 1 atom stereocenters. The molecule has 17 heavy (non-hydrogen) atoms. The summed E-state index contributed by atoms with van der Waals surface area (Å²) >= 11 is 0. The van der Waals surface area contributed by atoms with Gasteiger partial charge in [0.05, 0.1) is 12.3 Å². The molecule has 1 rings (SSSR count). The second-order valence-electron chi connectivity index (χ2n) is 4.33. The Morgan fingerprint density at radius 1 is 1.18 bits per heavy atom. The van der Waals surface area contributed by atoms with Crippen molar-refractivity contribution in [3.8, 4) is 0 Å². The van der Waals surface area contributed by atoms with Crippen molar-refractivity contribution >= 4 is 11.9 Å². The number of carbonyl (C=O) groups is 2. The molecule has 0 N–H and O–H groups in total. The van der Waals surface area contributed by atoms with Crippen LogP contribution >= 0.6 is 0 Å². The zero-order chi connectivity index (χ0) is 12.5. The summed E-state index contributed by atoms with van der Waals surface area (Å²) in [6, 6.07) is 0. The lowest BCUT2D eigenvalue weighted by Gasteiger charge is -1.98. The lowest BCUT2D eigenvalue weighted by Crippen LogP contribution is -2.05. The highest BCUT2D eigenvalue weighted by Gasteiger charge is 2.31. The van der Waals surface area contributed by atoms with Gasteiger partial charge in [-0.2, -0.15) is 0 Å². The third-order valence-corrected chi connectivity index (χ3v) is 2.83. The van der Waals surface area contributed by atoms with E-state index in [4.69, 9.17) is 0 Å². The molecule has 0 aromatic carbocycles. The van der Waals surface area contributed by atoms with Crippen LogP contribution in [0.2, 0.25) is 0 Å². The predicted octanol–water partition coefficient (Wildman–Crippen LogP) is 3.16. The molecule has 1 aliphatic heterocycles. The zero-order valence-electron chi connectivity index (χ0n) is 10.2. The maximum Gasteiger partial charge on any atom is 0.317 e. The van der Waals surface area contributed by atoms with Gasteiger partial charge in [0.2, 0.25) is 0 Å². The Morgan fingerprint density at radius 2 is 1.94 bits per heavy atom. The lowest BCUT2D eigenvalue weighted by atomic mass is 10.0. The molecule has 0 aliphatic carbocycles. The monoisotopic (exact) mass is 236 g/mol. The quantitative estimate of drug-likeness (QED) is 0.281. The summed E-state index contributed by atoms with van der Waals surface area (Å²) in [5.74, 6) is -1.01. The van der Waals surface area contributed by atoms with Crippen LogP contribution in [0.3, 0.4) is 0 Å². The highest BCUT2D eigenvalue weighted by Crippen LogP contribution is 2.19. The van der Waals surface area contributed by atoms with Crippen LogP contribution in [0.1, 0.15) is 44.9 Å². The standard InChI is InChI=1S/C14H20O3/c1-2-3-4-5-6-7-8-9-10-12-11-13(15)17-14(12)16/h2,8-9,12H,1,3-7,10-11H2/b9-8+. The highest BCUT2D eigenvalue weighted by molar-refractivity contribution is 5.94. The molecule has 0 bridgehead atoms. The minimum atomic E-state index is -0.391. The van der Waals surface area contributed by atoms with E-state index in [0.717, 1.165) is 12.8 Å². The third-order valence-electron chi connectivity index (χ3n) is 2.83. The number of cyclic esters (lactones) is 2. The Labute approximate surface area is 103 Å². The maximum absolute atomic E-state index is 11.1. The van der Waals surface area contributed by atoms with E-state index in [2.05, 4.69) is 17.4 Å². The second kappa shape index (κ2) is 7.82. The molecule has 0 amide bonds. The van der Waals surface area contributed by atoms with Crippen LogP contribution in [0.25, 0.3) is 0 Å². The summed E-state index contributed by atoms with van der Waals surface area (Å²) in [5, 5.41) is 0. The molecule has 3 nitrogen and oxygen atoms in total. The molecule has 0 spiro atoms. The topological polar surface area (TPSA) is 43.4 Å². The van der Waals surface area contributed by atoms with Gasteiger partial charge in [0, 0.05) is 0 Å². The molecule has 1 aliphatic rings. The number of allylic oxidation sites excluding steroid dienone is 3. The molecule has 0 radical (unpaired) electrons. The van der Waals surface area contributed by atoms with E-state index >= 15 is 0 Å². The van der Waals surface area contributed by atoms with Crippen molar-refractivity contribution in [3.63, 3.8) is 0 Å². The van der Waals surface area contributed by atoms with Crippen molar-refractivity contribution in [2.75, 3.05) is 0 Å². The van der Waals surface area contributed by atoms with Crippen LogP contribution < -0.4 is 0 Å². The number of hydrogen-bond donors (Lipinski definition) is 0. The number of ether oxygens (including phenoxy) is 1. The largest absolute Gasteiger partial charge is 0.393 e. The summed E-state index contributed by atoms with van der Waals surface area (Å²) in [6.45, 7) is 3.68. The molecular formula is C14H20O3. The first-order valence-electron chi connectivity index (χ1n) is 6.24. The van der Waals surface area contributed by atoms with Crippen molar-refractivity contribution < 1.29 is 14.3 Å². The van der Waals surface area contributed by atoms with Crippen molar-refractivity contribution in [1.29, 1.82) is 0 Å². The number of rotatable bonds is 8. The molecule has 1 unspecified atom stereocenters. The van der Waals surface area contributed by atoms with Gasteiger partial charge in [0.25, 0.3) is 0 Å². The molecular weight excluding hydrogens is 216 g/mol. The number of carbonyl (C=O) groups excluding carboxylic acids is 2. The number of unbranched alkanes of at least 4 members (excludes halogenated alkanes) is 4. The van der Waals surface area contributed by atoms with E-state index in [1.165, 1.54) is 19.3 Å². The Balaban J connectivity index is 2.04. The minimum Gasteiger partial charge on any atom is -0.393 e. The number of esters is 2. The van der Waals surface area contributed by atoms with E-state index < -0.39 is 5.97 Å². The van der Waals surface area contributed by atoms with E-state index in [1.54, 1.807) is 0 Å². The van der Waals surface area contributed by atoms with E-state index in [9.17, 15) is 9.59 Å². The van der Waals surface area contributed by atoms with Gasteiger partial charge in [-0.3, -0.25) is 9.59 Å². The normalized spacial score (nSPS) is 19.9. The number of hydrogen-bond acceptors (Lipinski definition) is 3. The molecule has 0 aromatic rings. The fourth-order valence-electron chi connectivity index (χ4n) is 1.81. The molecule has 1 heterocycles. The third kappa shape index (κ3) is 5.48. The summed E-state index contributed by atoms with van der Waals surface area (Å²) in [4.78, 5) is 22.0. The average molecular weight is 236 g/mol. The summed E-state index contributed by atoms with van der Waals surface area (Å²) < 4.78 is 4.48. The Morgan fingerprint density at radius 3 is 2.59 bits per heavy atom. The van der Waals surface area contributed by atoms with Crippen LogP contribution in [0, 0.1) is 5.92 Å². The van der Waals surface area contributed by atoms with Gasteiger partial charge in [-0.1, -0.05) is 24.6 Å². The van der Waals surface area contributed by atoms with Crippen LogP contribution in [0.15, 0.2) is 24.8 Å². The fourth-order valence-corrected chi connectivity index (χ4v) is 1.81. The highest BCUT2D eigenvalue weighted by atomic mass is 16.6. The van der Waals surface area contributed by atoms with Gasteiger partial charge < -0.3 is 4.74 Å². The van der Waals surface area contributed by atoms with E-state index in [1.807, 2.05) is 12.2 Å². The van der Waals surface area contributed by atoms with Gasteiger partial charge >= 0.3 is 11.9 Å². The van der Waals surface area contributed by atoms with Crippen LogP contribution in [0.5, 0.6) is 0 Å². The Bertz CT molecular complexity index is 305. The molecule has 94 valence electrons.